The highest BCUT2D eigenvalue weighted by molar-refractivity contribution is 6.24. The van der Waals surface area contributed by atoms with Gasteiger partial charge in [-0.25, -0.2) is 15.0 Å². The summed E-state index contributed by atoms with van der Waals surface area (Å²) in [4.78, 5) is 15.3. The number of hydrogen-bond donors (Lipinski definition) is 0. The van der Waals surface area contributed by atoms with Crippen LogP contribution < -0.4 is 0 Å². The molecule has 5 heteroatoms. The normalized spacial score (nSPS) is 11.8. The molecule has 11 rings (SSSR count). The Labute approximate surface area is 298 Å². The molecule has 0 unspecified atom stereocenters. The largest absolute Gasteiger partial charge is 0.455 e. The van der Waals surface area contributed by atoms with Crippen molar-refractivity contribution in [1.29, 1.82) is 0 Å². The highest BCUT2D eigenvalue weighted by Gasteiger charge is 2.22. The minimum absolute atomic E-state index is 0.565. The minimum Gasteiger partial charge on any atom is -0.455 e. The third-order valence-corrected chi connectivity index (χ3v) is 10.2. The Hall–Kier alpha value is -7.11. The van der Waals surface area contributed by atoms with Crippen LogP contribution in [-0.4, -0.2) is 19.5 Å². The summed E-state index contributed by atoms with van der Waals surface area (Å²) in [6, 6.07) is 59.1. The van der Waals surface area contributed by atoms with Gasteiger partial charge in [0.1, 0.15) is 11.2 Å². The molecule has 0 fully saturated rings. The van der Waals surface area contributed by atoms with Gasteiger partial charge >= 0.3 is 0 Å². The molecule has 0 aliphatic rings. The van der Waals surface area contributed by atoms with Crippen molar-refractivity contribution < 1.29 is 4.42 Å². The lowest BCUT2D eigenvalue weighted by Crippen LogP contribution is -2.00. The SMILES string of the molecule is c1ccc(-c2nc(-c3ccc4c(ccc5ccccc54)c3)nc(-c3cccc4c3oc3c4ccc4c3c3ccccc3n4-c3ccccc3)n2)cc1. The number of para-hydroxylation sites is 3. The van der Waals surface area contributed by atoms with Crippen molar-refractivity contribution in [3.63, 3.8) is 0 Å². The number of rotatable bonds is 4. The Balaban J connectivity index is 1.15. The Bertz CT molecular complexity index is 3180. The van der Waals surface area contributed by atoms with E-state index in [4.69, 9.17) is 19.4 Å². The van der Waals surface area contributed by atoms with E-state index in [9.17, 15) is 0 Å². The standard InChI is InChI=1S/C47H28N4O/c1-3-13-30(14-4-1)45-48-46(32-24-25-35-31(28-32)23-22-29-12-7-8-17-34(29)35)50-47(49-45)39-20-11-19-36-37-26-27-41-42(44(37)52-43(36)39)38-18-9-10-21-40(38)51(41)33-15-5-2-6-16-33/h1-28H. The number of fused-ring (bicyclic) bond motifs is 10. The van der Waals surface area contributed by atoms with E-state index >= 15 is 0 Å². The molecule has 8 aromatic carbocycles. The Morgan fingerprint density at radius 2 is 1.02 bits per heavy atom. The van der Waals surface area contributed by atoms with Crippen LogP contribution in [0.2, 0.25) is 0 Å². The molecule has 242 valence electrons. The molecular weight excluding hydrogens is 637 g/mol. The summed E-state index contributed by atoms with van der Waals surface area (Å²) in [5, 5.41) is 9.09. The highest BCUT2D eigenvalue weighted by atomic mass is 16.3. The van der Waals surface area contributed by atoms with Crippen molar-refractivity contribution in [2.75, 3.05) is 0 Å². The number of nitrogens with zero attached hydrogens (tertiary/aromatic N) is 4. The van der Waals surface area contributed by atoms with Crippen molar-refractivity contribution in [2.45, 2.75) is 0 Å². The second kappa shape index (κ2) is 11.2. The van der Waals surface area contributed by atoms with Crippen molar-refractivity contribution in [2.24, 2.45) is 0 Å². The van der Waals surface area contributed by atoms with Gasteiger partial charge in [-0.3, -0.25) is 0 Å². The summed E-state index contributed by atoms with van der Waals surface area (Å²) in [6.45, 7) is 0. The van der Waals surface area contributed by atoms with E-state index < -0.39 is 0 Å². The lowest BCUT2D eigenvalue weighted by Gasteiger charge is -2.10. The first-order valence-corrected chi connectivity index (χ1v) is 17.5. The molecule has 3 heterocycles. The predicted molar refractivity (Wildman–Crippen MR) is 213 cm³/mol. The van der Waals surface area contributed by atoms with Gasteiger partial charge in [0.05, 0.1) is 22.0 Å². The number of benzene rings is 8. The summed E-state index contributed by atoms with van der Waals surface area (Å²) in [5.41, 5.74) is 7.61. The van der Waals surface area contributed by atoms with Gasteiger partial charge in [-0.15, -0.1) is 0 Å². The first kappa shape index (κ1) is 28.7. The second-order valence-electron chi connectivity index (χ2n) is 13.2. The average molecular weight is 665 g/mol. The molecule has 0 atom stereocenters. The van der Waals surface area contributed by atoms with Gasteiger partial charge in [-0.05, 0) is 64.0 Å². The van der Waals surface area contributed by atoms with E-state index in [1.165, 1.54) is 16.2 Å². The summed E-state index contributed by atoms with van der Waals surface area (Å²) >= 11 is 0. The molecule has 0 amide bonds. The van der Waals surface area contributed by atoms with Crippen LogP contribution in [-0.2, 0) is 0 Å². The monoisotopic (exact) mass is 664 g/mol. The topological polar surface area (TPSA) is 56.7 Å². The minimum atomic E-state index is 0.565. The van der Waals surface area contributed by atoms with Crippen LogP contribution in [0.1, 0.15) is 0 Å². The first-order chi connectivity index (χ1) is 25.8. The van der Waals surface area contributed by atoms with E-state index in [0.29, 0.717) is 17.5 Å². The van der Waals surface area contributed by atoms with Crippen molar-refractivity contribution in [3.05, 3.63) is 170 Å². The van der Waals surface area contributed by atoms with Gasteiger partial charge < -0.3 is 8.98 Å². The zero-order valence-corrected chi connectivity index (χ0v) is 27.9. The molecule has 0 saturated heterocycles. The van der Waals surface area contributed by atoms with Crippen molar-refractivity contribution in [3.8, 4) is 39.9 Å². The van der Waals surface area contributed by atoms with Gasteiger partial charge in [0.2, 0.25) is 0 Å². The number of furan rings is 1. The van der Waals surface area contributed by atoms with Crippen molar-refractivity contribution in [1.82, 2.24) is 19.5 Å². The Morgan fingerprint density at radius 1 is 0.385 bits per heavy atom. The van der Waals surface area contributed by atoms with E-state index in [-0.39, 0.29) is 0 Å². The molecule has 0 saturated carbocycles. The van der Waals surface area contributed by atoms with Crippen LogP contribution in [0.25, 0.3) is 105 Å². The van der Waals surface area contributed by atoms with Crippen LogP contribution in [0.15, 0.2) is 174 Å². The number of aromatic nitrogens is 4. The van der Waals surface area contributed by atoms with E-state index in [1.54, 1.807) is 0 Å². The smallest absolute Gasteiger partial charge is 0.167 e. The second-order valence-corrected chi connectivity index (χ2v) is 13.2. The molecule has 0 radical (unpaired) electrons. The Morgan fingerprint density at radius 3 is 1.88 bits per heavy atom. The van der Waals surface area contributed by atoms with Gasteiger partial charge in [0.15, 0.2) is 17.5 Å². The summed E-state index contributed by atoms with van der Waals surface area (Å²) < 4.78 is 9.30. The van der Waals surface area contributed by atoms with Crippen LogP contribution >= 0.6 is 0 Å². The van der Waals surface area contributed by atoms with Crippen LogP contribution in [0.3, 0.4) is 0 Å². The molecule has 3 aromatic heterocycles. The highest BCUT2D eigenvalue weighted by Crippen LogP contribution is 2.42. The molecular formula is C47H28N4O. The molecule has 0 spiro atoms. The van der Waals surface area contributed by atoms with Gasteiger partial charge in [0.25, 0.3) is 0 Å². The molecule has 0 bridgehead atoms. The molecule has 5 nitrogen and oxygen atoms in total. The van der Waals surface area contributed by atoms with E-state index in [1.807, 2.05) is 36.4 Å². The first-order valence-electron chi connectivity index (χ1n) is 17.5. The van der Waals surface area contributed by atoms with Crippen molar-refractivity contribution >= 4 is 65.3 Å². The third-order valence-electron chi connectivity index (χ3n) is 10.2. The summed E-state index contributed by atoms with van der Waals surface area (Å²) in [5.74, 6) is 1.79. The van der Waals surface area contributed by atoms with Crippen LogP contribution in [0, 0.1) is 0 Å². The van der Waals surface area contributed by atoms with Crippen LogP contribution in [0.4, 0.5) is 0 Å². The lowest BCUT2D eigenvalue weighted by atomic mass is 10.00. The molecule has 11 aromatic rings. The maximum atomic E-state index is 6.98. The van der Waals surface area contributed by atoms with Gasteiger partial charge in [-0.1, -0.05) is 127 Å². The van der Waals surface area contributed by atoms with Gasteiger partial charge in [0, 0.05) is 33.0 Å². The fourth-order valence-corrected chi connectivity index (χ4v) is 7.83. The zero-order chi connectivity index (χ0) is 34.2. The quantitative estimate of drug-likeness (QED) is 0.176. The maximum absolute atomic E-state index is 6.98. The molecule has 0 N–H and O–H groups in total. The fraction of sp³-hybridized carbons (Fsp3) is 0. The third kappa shape index (κ3) is 4.33. The average Bonchev–Trinajstić information content (AvgIpc) is 3.77. The molecule has 0 aliphatic heterocycles. The molecule has 52 heavy (non-hydrogen) atoms. The lowest BCUT2D eigenvalue weighted by molar-refractivity contribution is 0.673. The number of hydrogen-bond acceptors (Lipinski definition) is 4. The van der Waals surface area contributed by atoms with Crippen LogP contribution in [0.5, 0.6) is 0 Å². The summed E-state index contributed by atoms with van der Waals surface area (Å²) in [6.07, 6.45) is 0. The van der Waals surface area contributed by atoms with E-state index in [2.05, 4.69) is 138 Å². The molecule has 0 aliphatic carbocycles. The zero-order valence-electron chi connectivity index (χ0n) is 27.9. The Kier molecular flexibility index (Phi) is 6.18. The summed E-state index contributed by atoms with van der Waals surface area (Å²) in [7, 11) is 0. The predicted octanol–water partition coefficient (Wildman–Crippen LogP) is 12.2. The fourth-order valence-electron chi connectivity index (χ4n) is 7.83. The van der Waals surface area contributed by atoms with E-state index in [0.717, 1.165) is 71.5 Å². The maximum Gasteiger partial charge on any atom is 0.167 e. The van der Waals surface area contributed by atoms with Gasteiger partial charge in [-0.2, -0.15) is 0 Å².